The number of fused-ring (bicyclic) bond motifs is 1. The summed E-state index contributed by atoms with van der Waals surface area (Å²) in [5.41, 5.74) is 0.856. The topological polar surface area (TPSA) is 97.2 Å². The Kier molecular flexibility index (Phi) is 4.29. The molecular weight excluding hydrogens is 302 g/mol. The summed E-state index contributed by atoms with van der Waals surface area (Å²) in [6.45, 7) is 3.55. The zero-order chi connectivity index (χ0) is 16.6. The van der Waals surface area contributed by atoms with Crippen LogP contribution in [0.5, 0.6) is 0 Å². The number of rotatable bonds is 3. The highest BCUT2D eigenvalue weighted by atomic mass is 16.8. The molecule has 2 fully saturated rings. The summed E-state index contributed by atoms with van der Waals surface area (Å²) in [5.74, 6) is -0.871. The molecule has 0 radical (unpaired) electrons. The Balaban J connectivity index is 1.59. The molecule has 3 N–H and O–H groups in total. The third-order valence-electron chi connectivity index (χ3n) is 4.07. The van der Waals surface area contributed by atoms with Crippen molar-refractivity contribution in [3.05, 3.63) is 35.9 Å². The van der Waals surface area contributed by atoms with Crippen LogP contribution in [0.15, 0.2) is 30.3 Å². The van der Waals surface area contributed by atoms with Gasteiger partial charge in [-0.15, -0.1) is 0 Å². The molecule has 23 heavy (non-hydrogen) atoms. The Morgan fingerprint density at radius 2 is 1.83 bits per heavy atom. The largest absolute Gasteiger partial charge is 0.445 e. The van der Waals surface area contributed by atoms with Crippen molar-refractivity contribution in [2.24, 2.45) is 0 Å². The SMILES string of the molecule is CC1(C)OC2C(O)C(O)C(NC(=O)OCc3ccccc3)C2O1. The van der Waals surface area contributed by atoms with Crippen molar-refractivity contribution >= 4 is 6.09 Å². The lowest BCUT2D eigenvalue weighted by molar-refractivity contribution is -0.176. The molecule has 1 saturated carbocycles. The number of alkyl carbamates (subject to hydrolysis) is 1. The summed E-state index contributed by atoms with van der Waals surface area (Å²) in [5, 5.41) is 22.7. The second-order valence-corrected chi connectivity index (χ2v) is 6.28. The van der Waals surface area contributed by atoms with Gasteiger partial charge in [-0.3, -0.25) is 0 Å². The van der Waals surface area contributed by atoms with E-state index in [4.69, 9.17) is 14.2 Å². The fraction of sp³-hybridized carbons (Fsp3) is 0.562. The van der Waals surface area contributed by atoms with Gasteiger partial charge in [0, 0.05) is 0 Å². The third-order valence-corrected chi connectivity index (χ3v) is 4.07. The maximum Gasteiger partial charge on any atom is 0.407 e. The second kappa shape index (κ2) is 6.09. The normalized spacial score (nSPS) is 34.9. The Labute approximate surface area is 134 Å². The van der Waals surface area contributed by atoms with Crippen LogP contribution >= 0.6 is 0 Å². The molecule has 5 atom stereocenters. The monoisotopic (exact) mass is 323 g/mol. The van der Waals surface area contributed by atoms with Crippen LogP contribution in [0.25, 0.3) is 0 Å². The minimum Gasteiger partial charge on any atom is -0.445 e. The number of nitrogens with one attached hydrogen (secondary N) is 1. The number of hydrogen-bond acceptors (Lipinski definition) is 6. The molecule has 3 rings (SSSR count). The van der Waals surface area contributed by atoms with Gasteiger partial charge in [-0.2, -0.15) is 0 Å². The van der Waals surface area contributed by atoms with Crippen LogP contribution in [0.4, 0.5) is 4.79 Å². The highest BCUT2D eigenvalue weighted by Gasteiger charge is 2.58. The van der Waals surface area contributed by atoms with E-state index in [1.165, 1.54) is 0 Å². The number of benzene rings is 1. The van der Waals surface area contributed by atoms with Gasteiger partial charge in [-0.25, -0.2) is 4.79 Å². The van der Waals surface area contributed by atoms with Crippen LogP contribution in [0.3, 0.4) is 0 Å². The van der Waals surface area contributed by atoms with E-state index in [-0.39, 0.29) is 6.61 Å². The van der Waals surface area contributed by atoms with E-state index >= 15 is 0 Å². The zero-order valence-electron chi connectivity index (χ0n) is 13.0. The van der Waals surface area contributed by atoms with E-state index in [1.807, 2.05) is 30.3 Å². The minimum absolute atomic E-state index is 0.120. The first-order valence-corrected chi connectivity index (χ1v) is 7.56. The average molecular weight is 323 g/mol. The lowest BCUT2D eigenvalue weighted by Crippen LogP contribution is -2.49. The van der Waals surface area contributed by atoms with Gasteiger partial charge in [0.15, 0.2) is 5.79 Å². The molecule has 1 aromatic carbocycles. The molecule has 1 amide bonds. The van der Waals surface area contributed by atoms with Gasteiger partial charge in [-0.05, 0) is 19.4 Å². The average Bonchev–Trinajstić information content (AvgIpc) is 2.94. The summed E-state index contributed by atoms with van der Waals surface area (Å²) >= 11 is 0. The lowest BCUT2D eigenvalue weighted by Gasteiger charge is -2.25. The number of hydrogen-bond donors (Lipinski definition) is 3. The molecular formula is C16H21NO6. The fourth-order valence-corrected chi connectivity index (χ4v) is 3.03. The number of aliphatic hydroxyl groups is 2. The number of amides is 1. The molecule has 5 unspecified atom stereocenters. The van der Waals surface area contributed by atoms with Gasteiger partial charge in [0.2, 0.25) is 0 Å². The smallest absolute Gasteiger partial charge is 0.407 e. The number of aliphatic hydroxyl groups excluding tert-OH is 2. The van der Waals surface area contributed by atoms with E-state index in [9.17, 15) is 15.0 Å². The summed E-state index contributed by atoms with van der Waals surface area (Å²) in [6.07, 6.45) is -4.29. The second-order valence-electron chi connectivity index (χ2n) is 6.28. The summed E-state index contributed by atoms with van der Waals surface area (Å²) in [6, 6.07) is 8.47. The van der Waals surface area contributed by atoms with Crippen LogP contribution < -0.4 is 5.32 Å². The van der Waals surface area contributed by atoms with Crippen molar-refractivity contribution in [2.45, 2.75) is 56.7 Å². The molecule has 1 aliphatic carbocycles. The van der Waals surface area contributed by atoms with E-state index in [2.05, 4.69) is 5.32 Å². The van der Waals surface area contributed by atoms with Crippen LogP contribution in [-0.4, -0.2) is 52.6 Å². The highest BCUT2D eigenvalue weighted by Crippen LogP contribution is 2.38. The summed E-state index contributed by atoms with van der Waals surface area (Å²) < 4.78 is 16.4. The Morgan fingerprint density at radius 3 is 2.52 bits per heavy atom. The number of carbonyl (C=O) groups is 1. The molecule has 0 aromatic heterocycles. The van der Waals surface area contributed by atoms with Gasteiger partial charge in [0.25, 0.3) is 0 Å². The molecule has 7 nitrogen and oxygen atoms in total. The Bertz CT molecular complexity index is 563. The first-order chi connectivity index (χ1) is 10.9. The fourth-order valence-electron chi connectivity index (χ4n) is 3.03. The molecule has 0 bridgehead atoms. The number of carbonyl (C=O) groups excluding carboxylic acids is 1. The van der Waals surface area contributed by atoms with Crippen molar-refractivity contribution in [1.82, 2.24) is 5.32 Å². The first-order valence-electron chi connectivity index (χ1n) is 7.56. The van der Waals surface area contributed by atoms with Crippen molar-refractivity contribution in [3.63, 3.8) is 0 Å². The maximum absolute atomic E-state index is 12.0. The molecule has 1 saturated heterocycles. The summed E-state index contributed by atoms with van der Waals surface area (Å²) in [7, 11) is 0. The van der Waals surface area contributed by atoms with Crippen molar-refractivity contribution in [2.75, 3.05) is 0 Å². The molecule has 1 aromatic rings. The quantitative estimate of drug-likeness (QED) is 0.751. The van der Waals surface area contributed by atoms with Crippen LogP contribution in [0.1, 0.15) is 19.4 Å². The van der Waals surface area contributed by atoms with E-state index in [0.29, 0.717) is 0 Å². The summed E-state index contributed by atoms with van der Waals surface area (Å²) in [4.78, 5) is 12.0. The molecule has 0 spiro atoms. The highest BCUT2D eigenvalue weighted by molar-refractivity contribution is 5.68. The van der Waals surface area contributed by atoms with Gasteiger partial charge in [-0.1, -0.05) is 30.3 Å². The third kappa shape index (κ3) is 3.32. The predicted octanol–water partition coefficient (Wildman–Crippen LogP) is 0.537. The molecule has 7 heteroatoms. The van der Waals surface area contributed by atoms with E-state index in [1.54, 1.807) is 13.8 Å². The predicted molar refractivity (Wildman–Crippen MR) is 79.4 cm³/mol. The zero-order valence-corrected chi connectivity index (χ0v) is 13.0. The Hall–Kier alpha value is -1.67. The minimum atomic E-state index is -1.18. The first kappa shape index (κ1) is 16.2. The van der Waals surface area contributed by atoms with Gasteiger partial charge in [0.1, 0.15) is 31.0 Å². The Morgan fingerprint density at radius 1 is 1.17 bits per heavy atom. The van der Waals surface area contributed by atoms with Crippen molar-refractivity contribution < 1.29 is 29.2 Å². The molecule has 126 valence electrons. The van der Waals surface area contributed by atoms with Crippen molar-refractivity contribution in [1.29, 1.82) is 0 Å². The standard InChI is InChI=1S/C16H21NO6/c1-16(2)22-13-10(11(18)12(19)14(13)23-16)17-15(20)21-8-9-6-4-3-5-7-9/h3-7,10-14,18-19H,8H2,1-2H3,(H,17,20). The van der Waals surface area contributed by atoms with Crippen LogP contribution in [-0.2, 0) is 20.8 Å². The molecule has 2 aliphatic rings. The van der Waals surface area contributed by atoms with Gasteiger partial charge < -0.3 is 29.7 Å². The molecule has 1 heterocycles. The lowest BCUT2D eigenvalue weighted by atomic mass is 10.2. The van der Waals surface area contributed by atoms with Crippen LogP contribution in [0, 0.1) is 0 Å². The number of ether oxygens (including phenoxy) is 3. The van der Waals surface area contributed by atoms with Crippen molar-refractivity contribution in [3.8, 4) is 0 Å². The molecule has 1 aliphatic heterocycles. The maximum atomic E-state index is 12.0. The van der Waals surface area contributed by atoms with Crippen LogP contribution in [0.2, 0.25) is 0 Å². The van der Waals surface area contributed by atoms with E-state index < -0.39 is 42.3 Å². The van der Waals surface area contributed by atoms with Gasteiger partial charge >= 0.3 is 6.09 Å². The van der Waals surface area contributed by atoms with E-state index in [0.717, 1.165) is 5.56 Å². The van der Waals surface area contributed by atoms with Gasteiger partial charge in [0.05, 0.1) is 6.04 Å².